The topological polar surface area (TPSA) is 69.6 Å². The van der Waals surface area contributed by atoms with Gasteiger partial charge in [-0.3, -0.25) is 4.68 Å². The molecular weight excluding hydrogens is 197 g/mol. The van der Waals surface area contributed by atoms with Crippen LogP contribution in [0.4, 0.5) is 10.2 Å². The van der Waals surface area contributed by atoms with Crippen molar-refractivity contribution in [2.24, 2.45) is 7.05 Å². The second-order valence-corrected chi connectivity index (χ2v) is 3.21. The molecule has 0 saturated heterocycles. The summed E-state index contributed by atoms with van der Waals surface area (Å²) < 4.78 is 14.8. The maximum atomic E-state index is 13.2. The van der Waals surface area contributed by atoms with Crippen molar-refractivity contribution in [2.75, 3.05) is 5.73 Å². The van der Waals surface area contributed by atoms with Gasteiger partial charge in [-0.2, -0.15) is 5.10 Å². The molecule has 0 unspecified atom stereocenters. The maximum absolute atomic E-state index is 13.2. The van der Waals surface area contributed by atoms with Gasteiger partial charge in [-0.15, -0.1) is 0 Å². The van der Waals surface area contributed by atoms with Crippen LogP contribution in [0.25, 0.3) is 11.5 Å². The number of halogens is 1. The van der Waals surface area contributed by atoms with Crippen molar-refractivity contribution in [3.63, 3.8) is 0 Å². The first-order chi connectivity index (χ1) is 7.08. The molecule has 2 aromatic heterocycles. The van der Waals surface area contributed by atoms with E-state index in [4.69, 9.17) is 5.73 Å². The SMILES string of the molecule is Cc1nc(-c2ccn(C)n2)nc(N)c1F. The summed E-state index contributed by atoms with van der Waals surface area (Å²) in [7, 11) is 1.78. The van der Waals surface area contributed by atoms with E-state index in [9.17, 15) is 4.39 Å². The molecule has 2 rings (SSSR count). The molecule has 0 aliphatic carbocycles. The van der Waals surface area contributed by atoms with Crippen molar-refractivity contribution < 1.29 is 4.39 Å². The fraction of sp³-hybridized carbons (Fsp3) is 0.222. The van der Waals surface area contributed by atoms with Crippen molar-refractivity contribution in [1.82, 2.24) is 19.7 Å². The summed E-state index contributed by atoms with van der Waals surface area (Å²) in [4.78, 5) is 7.81. The zero-order valence-electron chi connectivity index (χ0n) is 8.40. The van der Waals surface area contributed by atoms with Gasteiger partial charge in [0.25, 0.3) is 0 Å². The van der Waals surface area contributed by atoms with Crippen LogP contribution in [-0.2, 0) is 7.05 Å². The van der Waals surface area contributed by atoms with Crippen LogP contribution in [0.15, 0.2) is 12.3 Å². The number of anilines is 1. The van der Waals surface area contributed by atoms with Crippen molar-refractivity contribution >= 4 is 5.82 Å². The summed E-state index contributed by atoms with van der Waals surface area (Å²) in [5, 5.41) is 4.11. The highest BCUT2D eigenvalue weighted by Gasteiger charge is 2.11. The lowest BCUT2D eigenvalue weighted by Gasteiger charge is -2.01. The van der Waals surface area contributed by atoms with E-state index in [0.29, 0.717) is 11.5 Å². The van der Waals surface area contributed by atoms with Crippen molar-refractivity contribution in [3.05, 3.63) is 23.8 Å². The average Bonchev–Trinajstić information content (AvgIpc) is 2.60. The number of aromatic nitrogens is 4. The number of hydrogen-bond donors (Lipinski definition) is 1. The molecule has 6 heteroatoms. The van der Waals surface area contributed by atoms with Gasteiger partial charge in [-0.05, 0) is 13.0 Å². The highest BCUT2D eigenvalue weighted by Crippen LogP contribution is 2.17. The smallest absolute Gasteiger partial charge is 0.186 e. The molecule has 0 radical (unpaired) electrons. The van der Waals surface area contributed by atoms with Crippen LogP contribution in [0.5, 0.6) is 0 Å². The zero-order valence-corrected chi connectivity index (χ0v) is 8.40. The average molecular weight is 207 g/mol. The van der Waals surface area contributed by atoms with E-state index in [2.05, 4.69) is 15.1 Å². The second kappa shape index (κ2) is 3.30. The number of rotatable bonds is 1. The largest absolute Gasteiger partial charge is 0.381 e. The Labute approximate surface area is 85.8 Å². The van der Waals surface area contributed by atoms with E-state index >= 15 is 0 Å². The van der Waals surface area contributed by atoms with Gasteiger partial charge in [0.05, 0.1) is 5.69 Å². The fourth-order valence-corrected chi connectivity index (χ4v) is 1.23. The number of nitrogen functional groups attached to an aromatic ring is 1. The molecule has 5 nitrogen and oxygen atoms in total. The molecule has 0 aliphatic heterocycles. The lowest BCUT2D eigenvalue weighted by Crippen LogP contribution is -2.03. The molecule has 0 atom stereocenters. The van der Waals surface area contributed by atoms with Crippen molar-refractivity contribution in [2.45, 2.75) is 6.92 Å². The molecule has 2 heterocycles. The summed E-state index contributed by atoms with van der Waals surface area (Å²) in [6.07, 6.45) is 1.76. The Balaban J connectivity index is 2.55. The van der Waals surface area contributed by atoms with Crippen LogP contribution >= 0.6 is 0 Å². The monoisotopic (exact) mass is 207 g/mol. The Morgan fingerprint density at radius 1 is 1.40 bits per heavy atom. The Bertz CT molecular complexity index is 482. The van der Waals surface area contributed by atoms with Crippen LogP contribution in [0.1, 0.15) is 5.69 Å². The van der Waals surface area contributed by atoms with Crippen LogP contribution in [0.2, 0.25) is 0 Å². The van der Waals surface area contributed by atoms with Gasteiger partial charge in [0.1, 0.15) is 5.69 Å². The van der Waals surface area contributed by atoms with Gasteiger partial charge >= 0.3 is 0 Å². The molecule has 0 bridgehead atoms. The van der Waals surface area contributed by atoms with Crippen molar-refractivity contribution in [3.8, 4) is 11.5 Å². The molecule has 0 amide bonds. The lowest BCUT2D eigenvalue weighted by molar-refractivity contribution is 0.608. The van der Waals surface area contributed by atoms with Gasteiger partial charge in [0.15, 0.2) is 17.5 Å². The van der Waals surface area contributed by atoms with Crippen LogP contribution in [0.3, 0.4) is 0 Å². The van der Waals surface area contributed by atoms with Gasteiger partial charge < -0.3 is 5.73 Å². The van der Waals surface area contributed by atoms with E-state index < -0.39 is 5.82 Å². The molecule has 2 aromatic rings. The fourth-order valence-electron chi connectivity index (χ4n) is 1.23. The van der Waals surface area contributed by atoms with Gasteiger partial charge in [-0.1, -0.05) is 0 Å². The van der Waals surface area contributed by atoms with Crippen LogP contribution < -0.4 is 5.73 Å². The lowest BCUT2D eigenvalue weighted by atomic mass is 10.3. The molecule has 78 valence electrons. The number of nitrogens with two attached hydrogens (primary N) is 1. The summed E-state index contributed by atoms with van der Waals surface area (Å²) in [6, 6.07) is 1.74. The standard InChI is InChI=1S/C9H10FN5/c1-5-7(10)8(11)13-9(12-5)6-3-4-15(2)14-6/h3-4H,1-2H3,(H2,11,12,13). The van der Waals surface area contributed by atoms with Crippen molar-refractivity contribution in [1.29, 1.82) is 0 Å². The molecule has 15 heavy (non-hydrogen) atoms. The maximum Gasteiger partial charge on any atom is 0.186 e. The molecule has 0 saturated carbocycles. The predicted octanol–water partition coefficient (Wildman–Crippen LogP) is 0.907. The molecule has 0 fully saturated rings. The van der Waals surface area contributed by atoms with E-state index in [-0.39, 0.29) is 11.5 Å². The summed E-state index contributed by atoms with van der Waals surface area (Å²) in [6.45, 7) is 1.54. The minimum Gasteiger partial charge on any atom is -0.381 e. The van der Waals surface area contributed by atoms with Crippen LogP contribution in [-0.4, -0.2) is 19.7 Å². The van der Waals surface area contributed by atoms with E-state index in [0.717, 1.165) is 0 Å². The Kier molecular flexibility index (Phi) is 2.11. The second-order valence-electron chi connectivity index (χ2n) is 3.21. The molecule has 0 aromatic carbocycles. The Hall–Kier alpha value is -1.98. The number of hydrogen-bond acceptors (Lipinski definition) is 4. The Morgan fingerprint density at radius 2 is 2.13 bits per heavy atom. The first-order valence-electron chi connectivity index (χ1n) is 4.37. The minimum atomic E-state index is -0.574. The summed E-state index contributed by atoms with van der Waals surface area (Å²) >= 11 is 0. The van der Waals surface area contributed by atoms with E-state index in [1.165, 1.54) is 0 Å². The quantitative estimate of drug-likeness (QED) is 0.754. The highest BCUT2D eigenvalue weighted by molar-refractivity contribution is 5.51. The first-order valence-corrected chi connectivity index (χ1v) is 4.37. The highest BCUT2D eigenvalue weighted by atomic mass is 19.1. The molecule has 2 N–H and O–H groups in total. The molecular formula is C9H10FN5. The first kappa shape index (κ1) is 9.57. The van der Waals surface area contributed by atoms with E-state index in [1.807, 2.05) is 0 Å². The van der Waals surface area contributed by atoms with Gasteiger partial charge in [0.2, 0.25) is 0 Å². The summed E-state index contributed by atoms with van der Waals surface area (Å²) in [5.74, 6) is -0.384. The third-order valence-electron chi connectivity index (χ3n) is 1.99. The van der Waals surface area contributed by atoms with E-state index in [1.54, 1.807) is 30.9 Å². The number of aryl methyl sites for hydroxylation is 2. The van der Waals surface area contributed by atoms with Gasteiger partial charge in [-0.25, -0.2) is 14.4 Å². The minimum absolute atomic E-state index is 0.150. The molecule has 0 spiro atoms. The zero-order chi connectivity index (χ0) is 11.0. The predicted molar refractivity (Wildman–Crippen MR) is 53.3 cm³/mol. The Morgan fingerprint density at radius 3 is 2.67 bits per heavy atom. The van der Waals surface area contributed by atoms with Gasteiger partial charge in [0, 0.05) is 13.2 Å². The third kappa shape index (κ3) is 1.65. The van der Waals surface area contributed by atoms with Crippen LogP contribution in [0, 0.1) is 12.7 Å². The normalized spacial score (nSPS) is 10.6. The number of nitrogens with zero attached hydrogens (tertiary/aromatic N) is 4. The molecule has 0 aliphatic rings. The summed E-state index contributed by atoms with van der Waals surface area (Å²) in [5.41, 5.74) is 6.21. The third-order valence-corrected chi connectivity index (χ3v) is 1.99.